The number of para-hydroxylation sites is 1. The summed E-state index contributed by atoms with van der Waals surface area (Å²) in [6.07, 6.45) is -1.09. The molecule has 3 aromatic rings. The molecule has 2 saturated heterocycles. The van der Waals surface area contributed by atoms with Crippen LogP contribution in [0.15, 0.2) is 72.8 Å². The molecule has 0 saturated carbocycles. The molecule has 5 rings (SSSR count). The zero-order valence-corrected chi connectivity index (χ0v) is 17.9. The fourth-order valence-electron chi connectivity index (χ4n) is 4.41. The number of nitrogens with zero attached hydrogens (tertiary/aromatic N) is 3. The molecule has 34 heavy (non-hydrogen) atoms. The van der Waals surface area contributed by atoms with Gasteiger partial charge in [-0.1, -0.05) is 24.3 Å². The fraction of sp³-hybridized carbons (Fsp3) is 0.167. The van der Waals surface area contributed by atoms with E-state index < -0.39 is 34.8 Å². The lowest BCUT2D eigenvalue weighted by molar-refractivity contribution is -0.384. The molecule has 10 heteroatoms. The molecule has 2 aliphatic rings. The maximum absolute atomic E-state index is 13.6. The number of benzene rings is 3. The Hall–Kier alpha value is -4.44. The van der Waals surface area contributed by atoms with Crippen LogP contribution in [0.2, 0.25) is 0 Å². The largest absolute Gasteiger partial charge is 0.504 e. The highest BCUT2D eigenvalue weighted by Gasteiger charge is 2.60. The molecule has 2 heterocycles. The topological polar surface area (TPSA) is 122 Å². The molecule has 0 aromatic heterocycles. The third kappa shape index (κ3) is 3.32. The fourth-order valence-corrected chi connectivity index (χ4v) is 4.41. The molecular weight excluding hydrogens is 442 g/mol. The van der Waals surface area contributed by atoms with Gasteiger partial charge in [-0.15, -0.1) is 0 Å². The highest BCUT2D eigenvalue weighted by molar-refractivity contribution is 6.24. The lowest BCUT2D eigenvalue weighted by Gasteiger charge is -2.29. The van der Waals surface area contributed by atoms with Crippen molar-refractivity contribution < 1.29 is 29.2 Å². The van der Waals surface area contributed by atoms with Gasteiger partial charge in [-0.25, -0.2) is 9.96 Å². The number of rotatable bonds is 5. The molecule has 10 nitrogen and oxygen atoms in total. The first kappa shape index (κ1) is 21.4. The van der Waals surface area contributed by atoms with Crippen molar-refractivity contribution in [3.8, 4) is 11.5 Å². The van der Waals surface area contributed by atoms with Gasteiger partial charge in [0, 0.05) is 12.1 Å². The molecule has 0 bridgehead atoms. The van der Waals surface area contributed by atoms with Crippen molar-refractivity contribution in [2.45, 2.75) is 12.1 Å². The first-order chi connectivity index (χ1) is 16.4. The predicted molar refractivity (Wildman–Crippen MR) is 120 cm³/mol. The van der Waals surface area contributed by atoms with E-state index in [0.717, 1.165) is 4.90 Å². The Morgan fingerprint density at radius 3 is 2.32 bits per heavy atom. The number of hydrogen-bond acceptors (Lipinski definition) is 8. The molecule has 172 valence electrons. The number of amides is 2. The number of methoxy groups -OCH3 is 1. The van der Waals surface area contributed by atoms with Crippen molar-refractivity contribution in [3.05, 3.63) is 88.5 Å². The number of fused-ring (bicyclic) bond motifs is 1. The molecule has 0 unspecified atom stereocenters. The second kappa shape index (κ2) is 8.16. The summed E-state index contributed by atoms with van der Waals surface area (Å²) in [5.74, 6) is -1.78. The third-order valence-electron chi connectivity index (χ3n) is 5.99. The van der Waals surface area contributed by atoms with Crippen LogP contribution in [0, 0.1) is 16.0 Å². The van der Waals surface area contributed by atoms with Crippen LogP contribution in [-0.2, 0) is 14.4 Å². The summed E-state index contributed by atoms with van der Waals surface area (Å²) in [5.41, 5.74) is 1.34. The van der Waals surface area contributed by atoms with E-state index in [4.69, 9.17) is 9.57 Å². The molecule has 1 N–H and O–H groups in total. The van der Waals surface area contributed by atoms with Gasteiger partial charge in [0.1, 0.15) is 5.92 Å². The molecule has 3 aromatic carbocycles. The van der Waals surface area contributed by atoms with E-state index in [1.165, 1.54) is 42.5 Å². The van der Waals surface area contributed by atoms with Crippen molar-refractivity contribution in [2.24, 2.45) is 5.92 Å². The predicted octanol–water partition coefficient (Wildman–Crippen LogP) is 3.36. The first-order valence-corrected chi connectivity index (χ1v) is 10.4. The SMILES string of the molecule is COc1cc([C@H]2[C@H]3C(=O)N(c4ccc([N+](=O)[O-])cc4)C(=O)[C@H]3ON2c2ccccc2)ccc1O. The highest BCUT2D eigenvalue weighted by Crippen LogP contribution is 2.48. The minimum absolute atomic E-state index is 0.0608. The Kier molecular flexibility index (Phi) is 5.14. The Morgan fingerprint density at radius 2 is 1.68 bits per heavy atom. The van der Waals surface area contributed by atoms with Crippen LogP contribution >= 0.6 is 0 Å². The van der Waals surface area contributed by atoms with E-state index in [0.29, 0.717) is 11.3 Å². The van der Waals surface area contributed by atoms with Crippen LogP contribution in [-0.4, -0.2) is 35.1 Å². The van der Waals surface area contributed by atoms with Crippen molar-refractivity contribution in [2.75, 3.05) is 17.1 Å². The summed E-state index contributed by atoms with van der Waals surface area (Å²) in [5, 5.41) is 22.6. The summed E-state index contributed by atoms with van der Waals surface area (Å²) < 4.78 is 5.24. The standard InChI is InChI=1S/C24H19N3O7/c1-33-19-13-14(7-12-18(19)28)21-20-22(34-26(21)16-5-3-2-4-6-16)24(30)25(23(20)29)15-8-10-17(11-9-15)27(31)32/h2-13,20-22,28H,1H3/t20-,21+,22+/m1/s1. The summed E-state index contributed by atoms with van der Waals surface area (Å²) in [6.45, 7) is 0. The van der Waals surface area contributed by atoms with Gasteiger partial charge in [-0.05, 0) is 42.0 Å². The Labute approximate surface area is 193 Å². The van der Waals surface area contributed by atoms with Gasteiger partial charge >= 0.3 is 0 Å². The van der Waals surface area contributed by atoms with Crippen molar-refractivity contribution in [1.82, 2.24) is 0 Å². The van der Waals surface area contributed by atoms with E-state index >= 15 is 0 Å². The van der Waals surface area contributed by atoms with Gasteiger partial charge in [0.05, 0.1) is 29.4 Å². The number of aromatic hydroxyl groups is 1. The van der Waals surface area contributed by atoms with E-state index in [9.17, 15) is 24.8 Å². The van der Waals surface area contributed by atoms with E-state index in [2.05, 4.69) is 0 Å². The first-order valence-electron chi connectivity index (χ1n) is 10.4. The monoisotopic (exact) mass is 461 g/mol. The van der Waals surface area contributed by atoms with Crippen LogP contribution in [0.25, 0.3) is 0 Å². The summed E-state index contributed by atoms with van der Waals surface area (Å²) in [7, 11) is 1.42. The number of carbonyl (C=O) groups is 2. The number of imide groups is 1. The number of phenols is 1. The Morgan fingerprint density at radius 1 is 0.971 bits per heavy atom. The molecule has 2 fully saturated rings. The summed E-state index contributed by atoms with van der Waals surface area (Å²) >= 11 is 0. The number of anilines is 2. The van der Waals surface area contributed by atoms with E-state index in [1.54, 1.807) is 24.3 Å². The smallest absolute Gasteiger partial charge is 0.269 e. The molecule has 2 amide bonds. The minimum Gasteiger partial charge on any atom is -0.504 e. The van der Waals surface area contributed by atoms with Gasteiger partial charge in [0.15, 0.2) is 17.6 Å². The second-order valence-electron chi connectivity index (χ2n) is 7.87. The maximum Gasteiger partial charge on any atom is 0.269 e. The quantitative estimate of drug-likeness (QED) is 0.349. The zero-order valence-electron chi connectivity index (χ0n) is 17.9. The number of carbonyl (C=O) groups excluding carboxylic acids is 2. The van der Waals surface area contributed by atoms with Crippen LogP contribution in [0.5, 0.6) is 11.5 Å². The number of non-ortho nitro benzene ring substituents is 1. The average Bonchev–Trinajstić information content (AvgIpc) is 3.36. The van der Waals surface area contributed by atoms with Gasteiger partial charge in [0.2, 0.25) is 5.91 Å². The Bertz CT molecular complexity index is 1280. The van der Waals surface area contributed by atoms with Crippen LogP contribution < -0.4 is 14.7 Å². The van der Waals surface area contributed by atoms with Gasteiger partial charge in [0.25, 0.3) is 11.6 Å². The van der Waals surface area contributed by atoms with Gasteiger partial charge < -0.3 is 9.84 Å². The number of nitro benzene ring substituents is 1. The number of ether oxygens (including phenoxy) is 1. The van der Waals surface area contributed by atoms with Crippen molar-refractivity contribution in [1.29, 1.82) is 0 Å². The second-order valence-corrected chi connectivity index (χ2v) is 7.87. The lowest BCUT2D eigenvalue weighted by atomic mass is 9.90. The van der Waals surface area contributed by atoms with Crippen LogP contribution in [0.3, 0.4) is 0 Å². The van der Waals surface area contributed by atoms with Gasteiger partial charge in [-0.3, -0.25) is 24.5 Å². The normalized spacial score (nSPS) is 21.6. The number of hydroxylamine groups is 1. The lowest BCUT2D eigenvalue weighted by Crippen LogP contribution is -2.37. The molecule has 0 aliphatic carbocycles. The molecule has 3 atom stereocenters. The number of nitro groups is 1. The molecule has 2 aliphatic heterocycles. The van der Waals surface area contributed by atoms with Crippen LogP contribution in [0.4, 0.5) is 17.1 Å². The van der Waals surface area contributed by atoms with Crippen molar-refractivity contribution >= 4 is 28.9 Å². The summed E-state index contributed by atoms with van der Waals surface area (Å²) in [6, 6.07) is 18.3. The molecular formula is C24H19N3O7. The van der Waals surface area contributed by atoms with Gasteiger partial charge in [-0.2, -0.15) is 0 Å². The third-order valence-corrected chi connectivity index (χ3v) is 5.99. The molecule has 0 spiro atoms. The number of hydrogen-bond donors (Lipinski definition) is 1. The van der Waals surface area contributed by atoms with Crippen molar-refractivity contribution in [3.63, 3.8) is 0 Å². The highest BCUT2D eigenvalue weighted by atomic mass is 16.7. The van der Waals surface area contributed by atoms with E-state index in [-0.39, 0.29) is 22.9 Å². The summed E-state index contributed by atoms with van der Waals surface area (Å²) in [4.78, 5) is 44.4. The molecule has 0 radical (unpaired) electrons. The van der Waals surface area contributed by atoms with Crippen LogP contribution in [0.1, 0.15) is 11.6 Å². The van der Waals surface area contributed by atoms with E-state index in [1.807, 2.05) is 18.2 Å². The zero-order chi connectivity index (χ0) is 24.0. The Balaban J connectivity index is 1.57. The minimum atomic E-state index is -1.09. The number of phenolic OH excluding ortho intramolecular Hbond substituents is 1. The average molecular weight is 461 g/mol. The maximum atomic E-state index is 13.6.